The second-order valence-corrected chi connectivity index (χ2v) is 7.73. The van der Waals surface area contributed by atoms with Crippen LogP contribution in [0.5, 0.6) is 11.5 Å². The lowest BCUT2D eigenvalue weighted by molar-refractivity contribution is -0.119. The quantitative estimate of drug-likeness (QED) is 0.603. The van der Waals surface area contributed by atoms with Gasteiger partial charge in [-0.2, -0.15) is 5.26 Å². The fourth-order valence-corrected chi connectivity index (χ4v) is 4.20. The van der Waals surface area contributed by atoms with Gasteiger partial charge in [0.2, 0.25) is 5.91 Å². The van der Waals surface area contributed by atoms with E-state index in [1.165, 1.54) is 0 Å². The SMILES string of the molecule is N#Cc1cc2c(N3C[C@H](NCc4cc5c(cn4)OCCO5)C[C@H]3C(N)=O)ccnc2cn1. The topological polar surface area (TPSA) is 139 Å². The zero-order chi connectivity index (χ0) is 22.1. The standard InChI is InChI=1S/C22H21N7O3/c23-8-13-5-16-17(10-27-13)25-2-1-18(16)29-12-15(6-19(29)22(24)30)26-9-14-7-20-21(11-28-14)32-4-3-31-20/h1-2,5,7,10-11,15,19,26H,3-4,6,9,12H2,(H2,24,30)/t15-,19+/m1/s1. The van der Waals surface area contributed by atoms with Crippen LogP contribution in [0, 0.1) is 11.3 Å². The van der Waals surface area contributed by atoms with Crippen LogP contribution in [0.2, 0.25) is 0 Å². The first-order chi connectivity index (χ1) is 15.6. The number of pyridine rings is 3. The van der Waals surface area contributed by atoms with Crippen molar-refractivity contribution in [2.45, 2.75) is 25.0 Å². The molecule has 10 nitrogen and oxygen atoms in total. The molecule has 5 rings (SSSR count). The molecule has 0 aromatic carbocycles. The van der Waals surface area contributed by atoms with Gasteiger partial charge >= 0.3 is 0 Å². The number of hydrogen-bond donors (Lipinski definition) is 2. The van der Waals surface area contributed by atoms with E-state index in [4.69, 9.17) is 15.2 Å². The molecule has 5 heterocycles. The Morgan fingerprint density at radius 3 is 2.88 bits per heavy atom. The van der Waals surface area contributed by atoms with Crippen LogP contribution >= 0.6 is 0 Å². The van der Waals surface area contributed by atoms with E-state index >= 15 is 0 Å². The molecule has 0 spiro atoms. The highest BCUT2D eigenvalue weighted by atomic mass is 16.6. The predicted molar refractivity (Wildman–Crippen MR) is 115 cm³/mol. The van der Waals surface area contributed by atoms with Crippen LogP contribution in [-0.2, 0) is 11.3 Å². The van der Waals surface area contributed by atoms with Crippen molar-refractivity contribution < 1.29 is 14.3 Å². The Bertz CT molecular complexity index is 1230. The van der Waals surface area contributed by atoms with E-state index in [1.54, 1.807) is 24.7 Å². The molecule has 3 N–H and O–H groups in total. The maximum Gasteiger partial charge on any atom is 0.240 e. The average molecular weight is 431 g/mol. The first-order valence-corrected chi connectivity index (χ1v) is 10.3. The number of carbonyl (C=O) groups excluding carboxylic acids is 1. The maximum absolute atomic E-state index is 12.3. The number of rotatable bonds is 5. The molecule has 0 bridgehead atoms. The third kappa shape index (κ3) is 3.74. The molecule has 1 saturated heterocycles. The molecule has 3 aromatic heterocycles. The number of nitriles is 1. The van der Waals surface area contributed by atoms with Crippen molar-refractivity contribution in [1.29, 1.82) is 5.26 Å². The van der Waals surface area contributed by atoms with Gasteiger partial charge in [0.05, 0.1) is 23.6 Å². The summed E-state index contributed by atoms with van der Waals surface area (Å²) in [4.78, 5) is 27.1. The lowest BCUT2D eigenvalue weighted by Crippen LogP contribution is -2.40. The molecule has 1 fully saturated rings. The molecule has 3 aromatic rings. The van der Waals surface area contributed by atoms with E-state index in [-0.39, 0.29) is 6.04 Å². The number of ether oxygens (including phenoxy) is 2. The van der Waals surface area contributed by atoms with Gasteiger partial charge in [0.25, 0.3) is 0 Å². The Hall–Kier alpha value is -3.97. The fraction of sp³-hybridized carbons (Fsp3) is 0.318. The predicted octanol–water partition coefficient (Wildman–Crippen LogP) is 0.890. The van der Waals surface area contributed by atoms with Crippen LogP contribution in [0.25, 0.3) is 10.9 Å². The number of nitrogens with zero attached hydrogens (tertiary/aromatic N) is 5. The van der Waals surface area contributed by atoms with Crippen LogP contribution in [-0.4, -0.2) is 52.7 Å². The highest BCUT2D eigenvalue weighted by Crippen LogP contribution is 2.32. The number of primary amides is 1. The summed E-state index contributed by atoms with van der Waals surface area (Å²) in [5.41, 5.74) is 8.31. The Morgan fingerprint density at radius 2 is 2.06 bits per heavy atom. The van der Waals surface area contributed by atoms with Gasteiger partial charge in [-0.3, -0.25) is 14.8 Å². The van der Waals surface area contributed by atoms with Gasteiger partial charge in [-0.1, -0.05) is 0 Å². The summed E-state index contributed by atoms with van der Waals surface area (Å²) in [6, 6.07) is 6.98. The zero-order valence-corrected chi connectivity index (χ0v) is 17.2. The first-order valence-electron chi connectivity index (χ1n) is 10.3. The number of aromatic nitrogens is 3. The van der Waals surface area contributed by atoms with Crippen LogP contribution < -0.4 is 25.4 Å². The highest BCUT2D eigenvalue weighted by Gasteiger charge is 2.36. The fourth-order valence-electron chi connectivity index (χ4n) is 4.20. The van der Waals surface area contributed by atoms with Gasteiger partial charge in [0.1, 0.15) is 31.0 Å². The molecule has 0 unspecified atom stereocenters. The first kappa shape index (κ1) is 20.0. The summed E-state index contributed by atoms with van der Waals surface area (Å²) in [7, 11) is 0. The zero-order valence-electron chi connectivity index (χ0n) is 17.2. The average Bonchev–Trinajstić information content (AvgIpc) is 3.26. The summed E-state index contributed by atoms with van der Waals surface area (Å²) in [6.45, 7) is 2.13. The summed E-state index contributed by atoms with van der Waals surface area (Å²) >= 11 is 0. The minimum Gasteiger partial charge on any atom is -0.486 e. The normalized spacial score (nSPS) is 19.7. The van der Waals surface area contributed by atoms with Crippen LogP contribution in [0.4, 0.5) is 5.69 Å². The Morgan fingerprint density at radius 1 is 1.22 bits per heavy atom. The van der Waals surface area contributed by atoms with Crippen molar-refractivity contribution in [3.05, 3.63) is 48.2 Å². The number of nitrogens with two attached hydrogens (primary N) is 1. The maximum atomic E-state index is 12.3. The molecule has 2 atom stereocenters. The minimum absolute atomic E-state index is 0.0167. The van der Waals surface area contributed by atoms with Crippen LogP contribution in [0.15, 0.2) is 36.8 Å². The molecule has 32 heavy (non-hydrogen) atoms. The van der Waals surface area contributed by atoms with Gasteiger partial charge in [0.15, 0.2) is 11.5 Å². The second kappa shape index (κ2) is 8.28. The smallest absolute Gasteiger partial charge is 0.240 e. The number of fused-ring (bicyclic) bond motifs is 2. The van der Waals surface area contributed by atoms with E-state index in [1.807, 2.05) is 17.0 Å². The minimum atomic E-state index is -0.481. The molecular weight excluding hydrogens is 410 g/mol. The number of anilines is 1. The van der Waals surface area contributed by atoms with E-state index in [9.17, 15) is 10.1 Å². The van der Waals surface area contributed by atoms with Gasteiger partial charge in [-0.05, 0) is 18.6 Å². The lowest BCUT2D eigenvalue weighted by Gasteiger charge is -2.25. The second-order valence-electron chi connectivity index (χ2n) is 7.73. The van der Waals surface area contributed by atoms with Gasteiger partial charge in [-0.25, -0.2) is 4.98 Å². The molecule has 1 amide bonds. The largest absolute Gasteiger partial charge is 0.486 e. The highest BCUT2D eigenvalue weighted by molar-refractivity contribution is 5.95. The molecule has 2 aliphatic heterocycles. The number of nitrogens with one attached hydrogen (secondary N) is 1. The van der Waals surface area contributed by atoms with Crippen molar-refractivity contribution in [3.63, 3.8) is 0 Å². The third-order valence-electron chi connectivity index (χ3n) is 5.72. The molecule has 162 valence electrons. The molecule has 0 aliphatic carbocycles. The number of hydrogen-bond acceptors (Lipinski definition) is 9. The van der Waals surface area contributed by atoms with Crippen molar-refractivity contribution in [2.24, 2.45) is 5.73 Å². The summed E-state index contributed by atoms with van der Waals surface area (Å²) in [5, 5.41) is 13.5. The molecule has 2 aliphatic rings. The summed E-state index contributed by atoms with van der Waals surface area (Å²) in [5.74, 6) is 0.944. The van der Waals surface area contributed by atoms with Crippen LogP contribution in [0.3, 0.4) is 0 Å². The lowest BCUT2D eigenvalue weighted by atomic mass is 10.1. The van der Waals surface area contributed by atoms with Gasteiger partial charge in [0, 0.05) is 42.5 Å². The Kier molecular flexibility index (Phi) is 5.17. The molecule has 0 radical (unpaired) electrons. The summed E-state index contributed by atoms with van der Waals surface area (Å²) < 4.78 is 11.1. The Labute approximate surface area is 184 Å². The van der Waals surface area contributed by atoms with Gasteiger partial charge in [-0.15, -0.1) is 0 Å². The van der Waals surface area contributed by atoms with E-state index in [0.717, 1.165) is 16.8 Å². The van der Waals surface area contributed by atoms with E-state index in [2.05, 4.69) is 26.3 Å². The molecule has 10 heteroatoms. The monoisotopic (exact) mass is 431 g/mol. The molecule has 0 saturated carbocycles. The Balaban J connectivity index is 1.36. The van der Waals surface area contributed by atoms with Crippen LogP contribution in [0.1, 0.15) is 17.8 Å². The molecular formula is C22H21N7O3. The van der Waals surface area contributed by atoms with Crippen molar-refractivity contribution in [3.8, 4) is 17.6 Å². The van der Waals surface area contributed by atoms with Crippen molar-refractivity contribution in [2.75, 3.05) is 24.7 Å². The van der Waals surface area contributed by atoms with Crippen molar-refractivity contribution >= 4 is 22.5 Å². The third-order valence-corrected chi connectivity index (χ3v) is 5.72. The van der Waals surface area contributed by atoms with E-state index < -0.39 is 11.9 Å². The summed E-state index contributed by atoms with van der Waals surface area (Å²) in [6.07, 6.45) is 5.46. The van der Waals surface area contributed by atoms with E-state index in [0.29, 0.717) is 55.4 Å². The van der Waals surface area contributed by atoms with Gasteiger partial charge < -0.3 is 25.4 Å². The van der Waals surface area contributed by atoms with Crippen molar-refractivity contribution in [1.82, 2.24) is 20.3 Å². The number of carbonyl (C=O) groups is 1. The number of amides is 1.